The van der Waals surface area contributed by atoms with Gasteiger partial charge in [-0.05, 0) is 0 Å². The molecule has 0 spiro atoms. The molecule has 1 aliphatic carbocycles. The SMILES string of the molecule is COc1ccc([Si](c2ccc(OC)c(OC)c2OC)(c2ccc(OC)c(OC)c2OC)[C]2([Ti+3])C(C)=C(C)C(C)=C2C)c(OC)c1OC.[Cl-].[Cl-].[Cl-]. The third-order valence-electron chi connectivity index (χ3n) is 9.70. The molecule has 0 aliphatic heterocycles. The summed E-state index contributed by atoms with van der Waals surface area (Å²) in [5.41, 5.74) is 4.87. The third kappa shape index (κ3) is 6.41. The van der Waals surface area contributed by atoms with E-state index in [1.54, 1.807) is 64.0 Å². The van der Waals surface area contributed by atoms with Crippen molar-refractivity contribution in [3.05, 3.63) is 58.7 Å². The zero-order valence-electron chi connectivity index (χ0n) is 30.8. The van der Waals surface area contributed by atoms with E-state index in [0.29, 0.717) is 51.7 Å². The second-order valence-corrected chi connectivity index (χ2v) is 17.0. The van der Waals surface area contributed by atoms with Crippen LogP contribution in [0, 0.1) is 0 Å². The fraction of sp³-hybridized carbons (Fsp3) is 0.389. The quantitative estimate of drug-likeness (QED) is 0.128. The molecule has 0 aromatic heterocycles. The molecule has 3 aromatic carbocycles. The molecule has 3 aromatic rings. The van der Waals surface area contributed by atoms with Gasteiger partial charge in [0.15, 0.2) is 0 Å². The molecule has 0 bridgehead atoms. The van der Waals surface area contributed by atoms with Crippen molar-refractivity contribution in [2.75, 3.05) is 64.0 Å². The molecule has 0 amide bonds. The van der Waals surface area contributed by atoms with Crippen LogP contribution in [-0.2, 0) is 20.4 Å². The molecule has 0 atom stereocenters. The first kappa shape index (κ1) is 45.2. The van der Waals surface area contributed by atoms with Gasteiger partial charge in [0.05, 0.1) is 0 Å². The van der Waals surface area contributed by atoms with E-state index in [-0.39, 0.29) is 37.2 Å². The first-order valence-corrected chi connectivity index (χ1v) is 17.8. The predicted octanol–water partition coefficient (Wildman–Crippen LogP) is -3.82. The van der Waals surface area contributed by atoms with E-state index in [1.807, 2.05) is 18.2 Å². The summed E-state index contributed by atoms with van der Waals surface area (Å²) >= 11 is 2.31. The Morgan fingerprint density at radius 3 is 0.840 bits per heavy atom. The molecule has 0 saturated carbocycles. The largest absolute Gasteiger partial charge is 1.00 e. The van der Waals surface area contributed by atoms with E-state index in [2.05, 4.69) is 66.3 Å². The van der Waals surface area contributed by atoms with Crippen molar-refractivity contribution in [1.82, 2.24) is 0 Å². The summed E-state index contributed by atoms with van der Waals surface area (Å²) in [6.45, 7) is 8.79. The Balaban J connectivity index is 0.00000417. The third-order valence-corrected chi connectivity index (χ3v) is 18.1. The molecule has 0 unspecified atom stereocenters. The van der Waals surface area contributed by atoms with Crippen molar-refractivity contribution in [3.63, 3.8) is 0 Å². The maximum atomic E-state index is 6.34. The maximum absolute atomic E-state index is 6.34. The molecule has 50 heavy (non-hydrogen) atoms. The molecule has 0 radical (unpaired) electrons. The van der Waals surface area contributed by atoms with Crippen LogP contribution in [0.3, 0.4) is 0 Å². The van der Waals surface area contributed by atoms with E-state index in [1.165, 1.54) is 22.3 Å². The summed E-state index contributed by atoms with van der Waals surface area (Å²) in [5.74, 6) is 4.66. The standard InChI is InChI=1S/C36H45O9Si.3ClH.Ti/c1-20-21(2)23(4)36(22(20)3)46(27-17-14-24(37-5)30(40-8)33(27)43-11,28-18-15-25(38-6)31(41-9)34(28)44-12)29-19-16-26(39-7)32(42-10)35(29)45-13;;;;/h14-19H,1-13H3;3*1H;/q;;;;+3/p-3. The second kappa shape index (κ2) is 18.1. The van der Waals surface area contributed by atoms with Gasteiger partial charge in [-0.3, -0.25) is 0 Å². The molecule has 9 nitrogen and oxygen atoms in total. The van der Waals surface area contributed by atoms with Gasteiger partial charge in [0.25, 0.3) is 0 Å². The van der Waals surface area contributed by atoms with Crippen molar-refractivity contribution >= 4 is 23.6 Å². The van der Waals surface area contributed by atoms with Crippen LogP contribution >= 0.6 is 0 Å². The molecular weight excluding hydrogens is 759 g/mol. The van der Waals surface area contributed by atoms with Gasteiger partial charge in [0, 0.05) is 0 Å². The minimum Gasteiger partial charge on any atom is -1.00 e. The smallest absolute Gasteiger partial charge is 1.00 e. The molecule has 4 rings (SSSR count). The molecule has 272 valence electrons. The van der Waals surface area contributed by atoms with Crippen molar-refractivity contribution in [1.29, 1.82) is 0 Å². The fourth-order valence-electron chi connectivity index (χ4n) is 7.20. The molecule has 0 heterocycles. The van der Waals surface area contributed by atoms with E-state index >= 15 is 0 Å². The monoisotopic (exact) mass is 802 g/mol. The van der Waals surface area contributed by atoms with Gasteiger partial charge in [-0.15, -0.1) is 0 Å². The van der Waals surface area contributed by atoms with Crippen molar-refractivity contribution < 1.29 is 100 Å². The number of allylic oxidation sites excluding steroid dienone is 4. The molecule has 0 fully saturated rings. The molecule has 14 heteroatoms. The van der Waals surface area contributed by atoms with Gasteiger partial charge < -0.3 is 37.2 Å². The summed E-state index contributed by atoms with van der Waals surface area (Å²) in [4.78, 5) is 0. The summed E-state index contributed by atoms with van der Waals surface area (Å²) < 4.78 is 53.8. The number of hydrogen-bond acceptors (Lipinski definition) is 9. The minimum absolute atomic E-state index is 0. The van der Waals surface area contributed by atoms with E-state index in [0.717, 1.165) is 15.6 Å². The van der Waals surface area contributed by atoms with Gasteiger partial charge in [-0.25, -0.2) is 0 Å². The Bertz CT molecular complexity index is 1570. The second-order valence-electron chi connectivity index (χ2n) is 11.1. The average Bonchev–Trinajstić information content (AvgIpc) is 3.25. The first-order chi connectivity index (χ1) is 22.5. The average molecular weight is 804 g/mol. The number of benzene rings is 3. The topological polar surface area (TPSA) is 83.1 Å². The number of rotatable bonds is 13. The van der Waals surface area contributed by atoms with E-state index in [9.17, 15) is 0 Å². The molecule has 0 N–H and O–H groups in total. The summed E-state index contributed by atoms with van der Waals surface area (Å²) in [5, 5.41) is 2.70. The molecule has 1 aliphatic rings. The van der Waals surface area contributed by atoms with Crippen LogP contribution in [0.5, 0.6) is 51.7 Å². The normalized spacial score (nSPS) is 13.3. The van der Waals surface area contributed by atoms with Crippen LogP contribution in [-0.4, -0.2) is 72.1 Å². The van der Waals surface area contributed by atoms with Gasteiger partial charge >= 0.3 is 292 Å². The molecule has 0 saturated heterocycles. The number of methoxy groups -OCH3 is 9. The molecular formula is C36H45Cl3O9SiTi. The van der Waals surface area contributed by atoms with E-state index in [4.69, 9.17) is 42.6 Å². The number of halogens is 3. The van der Waals surface area contributed by atoms with Crippen LogP contribution in [0.4, 0.5) is 0 Å². The van der Waals surface area contributed by atoms with Crippen molar-refractivity contribution in [2.45, 2.75) is 31.0 Å². The van der Waals surface area contributed by atoms with Crippen LogP contribution in [0.2, 0.25) is 3.34 Å². The maximum Gasteiger partial charge on any atom is -1.00 e. The van der Waals surface area contributed by atoms with Crippen LogP contribution in [0.15, 0.2) is 58.7 Å². The zero-order chi connectivity index (χ0) is 34.8. The Morgan fingerprint density at radius 2 is 0.640 bits per heavy atom. The van der Waals surface area contributed by atoms with E-state index < -0.39 is 11.4 Å². The summed E-state index contributed by atoms with van der Waals surface area (Å²) in [6, 6.07) is 12.0. The van der Waals surface area contributed by atoms with Crippen molar-refractivity contribution in [3.8, 4) is 51.7 Å². The van der Waals surface area contributed by atoms with Gasteiger partial charge in [-0.2, -0.15) is 0 Å². The first-order valence-electron chi connectivity index (χ1n) is 15.0. The Kier molecular flexibility index (Phi) is 16.3. The Hall–Kier alpha value is -2.86. The number of ether oxygens (including phenoxy) is 9. The van der Waals surface area contributed by atoms with Crippen molar-refractivity contribution in [2.24, 2.45) is 0 Å². The summed E-state index contributed by atoms with van der Waals surface area (Å²) in [6.07, 6.45) is 0. The van der Waals surface area contributed by atoms with Crippen LogP contribution in [0.25, 0.3) is 0 Å². The Labute approximate surface area is 327 Å². The van der Waals surface area contributed by atoms with Gasteiger partial charge in [0.1, 0.15) is 0 Å². The summed E-state index contributed by atoms with van der Waals surface area (Å²) in [7, 11) is 11.0. The minimum atomic E-state index is -3.67. The van der Waals surface area contributed by atoms with Crippen LogP contribution in [0.1, 0.15) is 27.7 Å². The van der Waals surface area contributed by atoms with Gasteiger partial charge in [0.2, 0.25) is 0 Å². The Morgan fingerprint density at radius 1 is 0.400 bits per heavy atom. The predicted molar refractivity (Wildman–Crippen MR) is 182 cm³/mol. The number of hydrogen-bond donors (Lipinski definition) is 0. The zero-order valence-corrected chi connectivity index (χ0v) is 35.6. The van der Waals surface area contributed by atoms with Crippen LogP contribution < -0.4 is 95.4 Å². The van der Waals surface area contributed by atoms with Gasteiger partial charge in [-0.1, -0.05) is 0 Å². The fourth-order valence-corrected chi connectivity index (χ4v) is 15.9.